The SMILES string of the molecule is O=C(NCCn1ccnn1)c1ccc(C#CCO)cc1F. The van der Waals surface area contributed by atoms with Gasteiger partial charge in [0.25, 0.3) is 5.91 Å². The molecule has 0 saturated heterocycles. The predicted octanol–water partition coefficient (Wildman–Crippen LogP) is 0.191. The van der Waals surface area contributed by atoms with E-state index in [0.29, 0.717) is 18.7 Å². The van der Waals surface area contributed by atoms with Gasteiger partial charge in [0.1, 0.15) is 12.4 Å². The predicted molar refractivity (Wildman–Crippen MR) is 72.7 cm³/mol. The number of aliphatic hydroxyl groups excluding tert-OH is 1. The molecule has 0 radical (unpaired) electrons. The van der Waals surface area contributed by atoms with Crippen LogP contribution < -0.4 is 5.32 Å². The number of benzene rings is 1. The molecule has 0 aliphatic rings. The molecule has 6 nitrogen and oxygen atoms in total. The van der Waals surface area contributed by atoms with Crippen molar-refractivity contribution in [3.63, 3.8) is 0 Å². The standard InChI is InChI=1S/C14H13FN4O2/c15-13-10-11(2-1-9-20)3-4-12(13)14(21)16-5-7-19-8-6-17-18-19/h3-4,6,8,10,20H,5,7,9H2,(H,16,21). The highest BCUT2D eigenvalue weighted by atomic mass is 19.1. The number of hydrogen-bond donors (Lipinski definition) is 2. The topological polar surface area (TPSA) is 80.0 Å². The number of aromatic nitrogens is 3. The summed E-state index contributed by atoms with van der Waals surface area (Å²) in [5.41, 5.74) is 0.351. The minimum Gasteiger partial charge on any atom is -0.384 e. The summed E-state index contributed by atoms with van der Waals surface area (Å²) in [5, 5.41) is 18.6. The van der Waals surface area contributed by atoms with Crippen molar-refractivity contribution in [2.75, 3.05) is 13.2 Å². The van der Waals surface area contributed by atoms with Gasteiger partial charge >= 0.3 is 0 Å². The molecule has 0 bridgehead atoms. The highest BCUT2D eigenvalue weighted by molar-refractivity contribution is 5.94. The summed E-state index contributed by atoms with van der Waals surface area (Å²) < 4.78 is 15.4. The average Bonchev–Trinajstić information content (AvgIpc) is 2.98. The Labute approximate surface area is 120 Å². The molecule has 1 aromatic heterocycles. The van der Waals surface area contributed by atoms with Crippen molar-refractivity contribution in [1.29, 1.82) is 0 Å². The lowest BCUT2D eigenvalue weighted by Crippen LogP contribution is -2.28. The van der Waals surface area contributed by atoms with E-state index in [2.05, 4.69) is 27.5 Å². The zero-order valence-corrected chi connectivity index (χ0v) is 11.1. The van der Waals surface area contributed by atoms with E-state index < -0.39 is 11.7 Å². The lowest BCUT2D eigenvalue weighted by Gasteiger charge is -2.06. The molecule has 21 heavy (non-hydrogen) atoms. The van der Waals surface area contributed by atoms with Gasteiger partial charge in [-0.1, -0.05) is 17.1 Å². The van der Waals surface area contributed by atoms with E-state index in [1.54, 1.807) is 10.9 Å². The van der Waals surface area contributed by atoms with Crippen LogP contribution in [-0.4, -0.2) is 39.2 Å². The van der Waals surface area contributed by atoms with Crippen molar-refractivity contribution in [2.24, 2.45) is 0 Å². The van der Waals surface area contributed by atoms with Crippen LogP contribution in [0.5, 0.6) is 0 Å². The quantitative estimate of drug-likeness (QED) is 0.787. The van der Waals surface area contributed by atoms with Crippen molar-refractivity contribution in [2.45, 2.75) is 6.54 Å². The Bertz CT molecular complexity index is 674. The Morgan fingerprint density at radius 1 is 1.48 bits per heavy atom. The third-order valence-electron chi connectivity index (χ3n) is 2.62. The molecule has 2 N–H and O–H groups in total. The van der Waals surface area contributed by atoms with Crippen molar-refractivity contribution in [1.82, 2.24) is 20.3 Å². The maximum Gasteiger partial charge on any atom is 0.254 e. The molecule has 1 heterocycles. The summed E-state index contributed by atoms with van der Waals surface area (Å²) >= 11 is 0. The summed E-state index contributed by atoms with van der Waals surface area (Å²) in [6.45, 7) is 0.466. The van der Waals surface area contributed by atoms with Crippen LogP contribution in [0.3, 0.4) is 0 Å². The van der Waals surface area contributed by atoms with Crippen molar-refractivity contribution >= 4 is 5.91 Å². The van der Waals surface area contributed by atoms with Gasteiger partial charge in [0.05, 0.1) is 18.3 Å². The van der Waals surface area contributed by atoms with Crippen LogP contribution in [0, 0.1) is 17.7 Å². The zero-order chi connectivity index (χ0) is 15.1. The number of aliphatic hydroxyl groups is 1. The molecule has 0 atom stereocenters. The number of nitrogens with one attached hydrogen (secondary N) is 1. The van der Waals surface area contributed by atoms with Crippen LogP contribution in [0.4, 0.5) is 4.39 Å². The van der Waals surface area contributed by atoms with Crippen LogP contribution in [0.25, 0.3) is 0 Å². The normalized spacial score (nSPS) is 9.81. The highest BCUT2D eigenvalue weighted by Crippen LogP contribution is 2.09. The van der Waals surface area contributed by atoms with E-state index in [4.69, 9.17) is 5.11 Å². The fourth-order valence-corrected chi connectivity index (χ4v) is 1.65. The molecule has 2 rings (SSSR count). The molecule has 7 heteroatoms. The fraction of sp³-hybridized carbons (Fsp3) is 0.214. The number of carbonyl (C=O) groups excluding carboxylic acids is 1. The summed E-state index contributed by atoms with van der Waals surface area (Å²) in [6.07, 6.45) is 3.20. The van der Waals surface area contributed by atoms with Gasteiger partial charge in [0, 0.05) is 18.3 Å². The molecular formula is C14H13FN4O2. The van der Waals surface area contributed by atoms with Gasteiger partial charge < -0.3 is 10.4 Å². The molecule has 0 spiro atoms. The minimum absolute atomic E-state index is 0.0526. The Morgan fingerprint density at radius 2 is 2.33 bits per heavy atom. The summed E-state index contributed by atoms with van der Waals surface area (Å²) in [7, 11) is 0. The first-order valence-electron chi connectivity index (χ1n) is 6.22. The molecule has 2 aromatic rings. The van der Waals surface area contributed by atoms with Gasteiger partial charge in [0.2, 0.25) is 0 Å². The molecule has 0 aliphatic carbocycles. The minimum atomic E-state index is -0.655. The third kappa shape index (κ3) is 4.12. The van der Waals surface area contributed by atoms with E-state index in [1.165, 1.54) is 18.3 Å². The van der Waals surface area contributed by atoms with Crippen molar-refractivity contribution < 1.29 is 14.3 Å². The first-order valence-corrected chi connectivity index (χ1v) is 6.22. The summed E-state index contributed by atoms with van der Waals surface area (Å²) in [5.74, 6) is 3.83. The highest BCUT2D eigenvalue weighted by Gasteiger charge is 2.11. The maximum atomic E-state index is 13.8. The third-order valence-corrected chi connectivity index (χ3v) is 2.62. The molecule has 1 amide bonds. The van der Waals surface area contributed by atoms with Crippen LogP contribution in [0.1, 0.15) is 15.9 Å². The van der Waals surface area contributed by atoms with Crippen LogP contribution in [-0.2, 0) is 6.54 Å². The van der Waals surface area contributed by atoms with E-state index in [0.717, 1.165) is 6.07 Å². The number of nitrogens with zero attached hydrogens (tertiary/aromatic N) is 3. The molecule has 1 aromatic carbocycles. The second-order valence-corrected chi connectivity index (χ2v) is 4.08. The second kappa shape index (κ2) is 7.17. The van der Waals surface area contributed by atoms with Crippen LogP contribution >= 0.6 is 0 Å². The fourth-order valence-electron chi connectivity index (χ4n) is 1.65. The van der Waals surface area contributed by atoms with Gasteiger partial charge in [-0.2, -0.15) is 0 Å². The first-order chi connectivity index (χ1) is 10.2. The van der Waals surface area contributed by atoms with E-state index in [9.17, 15) is 9.18 Å². The molecular weight excluding hydrogens is 275 g/mol. The number of halogens is 1. The Hall–Kier alpha value is -2.72. The maximum absolute atomic E-state index is 13.8. The number of rotatable bonds is 4. The molecule has 0 aliphatic heterocycles. The average molecular weight is 288 g/mol. The summed E-state index contributed by atoms with van der Waals surface area (Å²) in [6, 6.07) is 4.05. The molecule has 0 unspecified atom stereocenters. The van der Waals surface area contributed by atoms with Crippen LogP contribution in [0.15, 0.2) is 30.6 Å². The Morgan fingerprint density at radius 3 is 3.00 bits per heavy atom. The Kier molecular flexibility index (Phi) is 5.01. The van der Waals surface area contributed by atoms with Gasteiger partial charge in [-0.15, -0.1) is 5.10 Å². The Balaban J connectivity index is 1.95. The van der Waals surface area contributed by atoms with E-state index in [1.807, 2.05) is 0 Å². The van der Waals surface area contributed by atoms with Gasteiger partial charge in [-0.3, -0.25) is 9.48 Å². The number of hydrogen-bond acceptors (Lipinski definition) is 4. The van der Waals surface area contributed by atoms with Gasteiger partial charge in [0.15, 0.2) is 0 Å². The monoisotopic (exact) mass is 288 g/mol. The number of amides is 1. The van der Waals surface area contributed by atoms with E-state index in [-0.39, 0.29) is 12.2 Å². The zero-order valence-electron chi connectivity index (χ0n) is 11.1. The summed E-state index contributed by atoms with van der Waals surface area (Å²) in [4.78, 5) is 11.8. The van der Waals surface area contributed by atoms with Crippen molar-refractivity contribution in [3.05, 3.63) is 47.5 Å². The van der Waals surface area contributed by atoms with E-state index >= 15 is 0 Å². The van der Waals surface area contributed by atoms with Gasteiger partial charge in [-0.05, 0) is 18.2 Å². The van der Waals surface area contributed by atoms with Crippen molar-refractivity contribution in [3.8, 4) is 11.8 Å². The number of carbonyl (C=O) groups is 1. The van der Waals surface area contributed by atoms with Gasteiger partial charge in [-0.25, -0.2) is 4.39 Å². The lowest BCUT2D eigenvalue weighted by atomic mass is 10.1. The van der Waals surface area contributed by atoms with Crippen LogP contribution in [0.2, 0.25) is 0 Å². The molecule has 0 fully saturated rings. The molecule has 108 valence electrons. The smallest absolute Gasteiger partial charge is 0.254 e. The molecule has 0 saturated carbocycles. The first kappa shape index (κ1) is 14.7. The second-order valence-electron chi connectivity index (χ2n) is 4.08. The lowest BCUT2D eigenvalue weighted by molar-refractivity contribution is 0.0948. The largest absolute Gasteiger partial charge is 0.384 e.